The minimum absolute atomic E-state index is 0.178. The van der Waals surface area contributed by atoms with E-state index in [9.17, 15) is 10.1 Å². The number of aryl methyl sites for hydroxylation is 1. The smallest absolute Gasteiger partial charge is 0.194 e. The minimum atomic E-state index is -0.960. The lowest BCUT2D eigenvalue weighted by atomic mass is 10.1. The highest BCUT2D eigenvalue weighted by Gasteiger charge is 2.26. The third kappa shape index (κ3) is 3.17. The molecule has 0 N–H and O–H groups in total. The van der Waals surface area contributed by atoms with Gasteiger partial charge in [-0.3, -0.25) is 4.79 Å². The topological polar surface area (TPSA) is 67.9 Å². The maximum atomic E-state index is 12.4. The van der Waals surface area contributed by atoms with Crippen molar-refractivity contribution in [2.45, 2.75) is 5.92 Å². The maximum Gasteiger partial charge on any atom is 0.194 e. The summed E-state index contributed by atoms with van der Waals surface area (Å²) in [6, 6.07) is 16.7. The van der Waals surface area contributed by atoms with Crippen molar-refractivity contribution in [1.29, 1.82) is 5.26 Å². The molecule has 5 nitrogen and oxygen atoms in total. The van der Waals surface area contributed by atoms with Crippen LogP contribution in [-0.2, 0) is 11.8 Å². The Morgan fingerprint density at radius 3 is 2.67 bits per heavy atom. The first-order valence-corrected chi connectivity index (χ1v) is 8.11. The molecule has 120 valence electrons. The molecule has 0 bridgehead atoms. The third-order valence-electron chi connectivity index (χ3n) is 3.73. The maximum absolute atomic E-state index is 12.4. The van der Waals surface area contributed by atoms with E-state index in [1.54, 1.807) is 23.7 Å². The number of Topliss-reactive ketones (excluding diaryl/α,β-unsaturated/α-hetero) is 1. The van der Waals surface area contributed by atoms with Crippen molar-refractivity contribution in [1.82, 2.24) is 9.55 Å². The predicted octanol–water partition coefficient (Wildman–Crippen LogP) is 3.59. The Kier molecular flexibility index (Phi) is 4.63. The number of halogens is 1. The summed E-state index contributed by atoms with van der Waals surface area (Å²) in [5.74, 6) is -0.270. The fourth-order valence-corrected chi connectivity index (χ4v) is 2.73. The summed E-state index contributed by atoms with van der Waals surface area (Å²) >= 11 is 3.34. The van der Waals surface area contributed by atoms with Crippen LogP contribution in [0.25, 0.3) is 11.0 Å². The van der Waals surface area contributed by atoms with Gasteiger partial charge in [0.2, 0.25) is 0 Å². The van der Waals surface area contributed by atoms with Gasteiger partial charge in [0.25, 0.3) is 0 Å². The van der Waals surface area contributed by atoms with Crippen LogP contribution >= 0.6 is 15.9 Å². The molecule has 0 saturated carbocycles. The number of ether oxygens (including phenoxy) is 1. The Morgan fingerprint density at radius 1 is 1.29 bits per heavy atom. The largest absolute Gasteiger partial charge is 0.486 e. The zero-order valence-corrected chi connectivity index (χ0v) is 14.5. The number of carbonyl (C=O) groups excluding carboxylic acids is 1. The van der Waals surface area contributed by atoms with Crippen LogP contribution in [-0.4, -0.2) is 21.9 Å². The zero-order valence-electron chi connectivity index (χ0n) is 12.9. The second-order valence-electron chi connectivity index (χ2n) is 5.29. The van der Waals surface area contributed by atoms with Crippen molar-refractivity contribution in [2.75, 3.05) is 6.61 Å². The lowest BCUT2D eigenvalue weighted by molar-refractivity contribution is -0.121. The standard InChI is InChI=1S/C18H14BrN3O2/c1-22-16-5-3-2-4-15(16)21-18(22)14(10-20)17(23)11-24-13-8-6-12(19)7-9-13/h2-9,14H,11H2,1H3. The molecule has 3 aromatic rings. The van der Waals surface area contributed by atoms with E-state index in [0.717, 1.165) is 15.5 Å². The Morgan fingerprint density at radius 2 is 2.00 bits per heavy atom. The van der Waals surface area contributed by atoms with Gasteiger partial charge in [0.15, 0.2) is 11.7 Å². The molecule has 1 unspecified atom stereocenters. The van der Waals surface area contributed by atoms with Crippen molar-refractivity contribution in [3.63, 3.8) is 0 Å². The number of benzene rings is 2. The molecule has 0 aliphatic carbocycles. The van der Waals surface area contributed by atoms with Gasteiger partial charge < -0.3 is 9.30 Å². The number of aromatic nitrogens is 2. The van der Waals surface area contributed by atoms with E-state index in [1.165, 1.54) is 0 Å². The van der Waals surface area contributed by atoms with Crippen LogP contribution in [0.4, 0.5) is 0 Å². The number of hydrogen-bond donors (Lipinski definition) is 0. The highest BCUT2D eigenvalue weighted by atomic mass is 79.9. The highest BCUT2D eigenvalue weighted by Crippen LogP contribution is 2.22. The number of ketones is 1. The van der Waals surface area contributed by atoms with Crippen LogP contribution in [0.3, 0.4) is 0 Å². The van der Waals surface area contributed by atoms with Gasteiger partial charge in [-0.1, -0.05) is 28.1 Å². The molecular weight excluding hydrogens is 370 g/mol. The normalized spacial score (nSPS) is 11.9. The molecule has 3 rings (SSSR count). The van der Waals surface area contributed by atoms with Crippen LogP contribution in [0.2, 0.25) is 0 Å². The van der Waals surface area contributed by atoms with E-state index in [1.807, 2.05) is 42.5 Å². The zero-order chi connectivity index (χ0) is 17.1. The lowest BCUT2D eigenvalue weighted by Gasteiger charge is -2.10. The molecule has 24 heavy (non-hydrogen) atoms. The molecule has 0 radical (unpaired) electrons. The number of fused-ring (bicyclic) bond motifs is 1. The molecule has 0 aliphatic heterocycles. The molecule has 1 heterocycles. The van der Waals surface area contributed by atoms with E-state index < -0.39 is 5.92 Å². The van der Waals surface area contributed by atoms with Crippen molar-refractivity contribution in [3.05, 3.63) is 58.8 Å². The van der Waals surface area contributed by atoms with Gasteiger partial charge in [0.05, 0.1) is 17.1 Å². The Bertz CT molecular complexity index is 926. The second kappa shape index (κ2) is 6.85. The molecule has 1 atom stereocenters. The Hall–Kier alpha value is -2.65. The number of rotatable bonds is 5. The van der Waals surface area contributed by atoms with E-state index in [2.05, 4.69) is 20.9 Å². The van der Waals surface area contributed by atoms with E-state index >= 15 is 0 Å². The summed E-state index contributed by atoms with van der Waals surface area (Å²) in [5.41, 5.74) is 1.64. The van der Waals surface area contributed by atoms with Gasteiger partial charge in [0.1, 0.15) is 18.2 Å². The summed E-state index contributed by atoms with van der Waals surface area (Å²) in [6.07, 6.45) is 0. The van der Waals surface area contributed by atoms with E-state index in [4.69, 9.17) is 4.74 Å². The van der Waals surface area contributed by atoms with Gasteiger partial charge >= 0.3 is 0 Å². The number of nitriles is 1. The first kappa shape index (κ1) is 16.2. The summed E-state index contributed by atoms with van der Waals surface area (Å²) in [5, 5.41) is 9.45. The van der Waals surface area contributed by atoms with Crippen LogP contribution in [0.15, 0.2) is 53.0 Å². The fraction of sp³-hybridized carbons (Fsp3) is 0.167. The first-order valence-electron chi connectivity index (χ1n) is 7.32. The molecule has 2 aromatic carbocycles. The quantitative estimate of drug-likeness (QED) is 0.674. The van der Waals surface area contributed by atoms with Gasteiger partial charge in [-0.15, -0.1) is 0 Å². The van der Waals surface area contributed by atoms with Crippen LogP contribution in [0, 0.1) is 11.3 Å². The Balaban J connectivity index is 1.80. The van der Waals surface area contributed by atoms with Crippen molar-refractivity contribution >= 4 is 32.7 Å². The van der Waals surface area contributed by atoms with Gasteiger partial charge in [-0.25, -0.2) is 4.98 Å². The second-order valence-corrected chi connectivity index (χ2v) is 6.20. The van der Waals surface area contributed by atoms with Crippen LogP contribution < -0.4 is 4.74 Å². The summed E-state index contributed by atoms with van der Waals surface area (Å²) in [6.45, 7) is -0.178. The first-order chi connectivity index (χ1) is 11.6. The molecule has 0 fully saturated rings. The predicted molar refractivity (Wildman–Crippen MR) is 93.7 cm³/mol. The number of nitrogens with zero attached hydrogens (tertiary/aromatic N) is 3. The highest BCUT2D eigenvalue weighted by molar-refractivity contribution is 9.10. The third-order valence-corrected chi connectivity index (χ3v) is 4.25. The van der Waals surface area contributed by atoms with Crippen LogP contribution in [0.1, 0.15) is 11.7 Å². The lowest BCUT2D eigenvalue weighted by Crippen LogP contribution is -2.21. The summed E-state index contributed by atoms with van der Waals surface area (Å²) in [7, 11) is 1.80. The monoisotopic (exact) mass is 383 g/mol. The molecule has 1 aromatic heterocycles. The molecule has 0 spiro atoms. The summed E-state index contributed by atoms with van der Waals surface area (Å²) in [4.78, 5) is 16.9. The van der Waals surface area contributed by atoms with E-state index in [-0.39, 0.29) is 12.4 Å². The van der Waals surface area contributed by atoms with E-state index in [0.29, 0.717) is 11.6 Å². The van der Waals surface area contributed by atoms with Gasteiger partial charge in [-0.2, -0.15) is 5.26 Å². The van der Waals surface area contributed by atoms with Crippen LogP contribution in [0.5, 0.6) is 5.75 Å². The average Bonchev–Trinajstić information content (AvgIpc) is 2.92. The van der Waals surface area contributed by atoms with Gasteiger partial charge in [0, 0.05) is 11.5 Å². The number of hydrogen-bond acceptors (Lipinski definition) is 4. The minimum Gasteiger partial charge on any atom is -0.486 e. The fourth-order valence-electron chi connectivity index (χ4n) is 2.46. The number of imidazole rings is 1. The Labute approximate surface area is 147 Å². The average molecular weight is 384 g/mol. The molecule has 0 saturated heterocycles. The molecule has 0 amide bonds. The SMILES string of the molecule is Cn1c(C(C#N)C(=O)COc2ccc(Br)cc2)nc2ccccc21. The van der Waals surface area contributed by atoms with Crippen molar-refractivity contribution < 1.29 is 9.53 Å². The van der Waals surface area contributed by atoms with Crippen molar-refractivity contribution in [2.24, 2.45) is 7.05 Å². The number of carbonyl (C=O) groups is 1. The van der Waals surface area contributed by atoms with Crippen molar-refractivity contribution in [3.8, 4) is 11.8 Å². The molecule has 0 aliphatic rings. The molecular formula is C18H14BrN3O2. The van der Waals surface area contributed by atoms with Gasteiger partial charge in [-0.05, 0) is 36.4 Å². The summed E-state index contributed by atoms with van der Waals surface area (Å²) < 4.78 is 8.19. The molecule has 6 heteroatoms. The number of para-hydroxylation sites is 2.